The second-order valence-electron chi connectivity index (χ2n) is 4.82. The van der Waals surface area contributed by atoms with Crippen LogP contribution in [0.2, 0.25) is 0 Å². The van der Waals surface area contributed by atoms with Crippen molar-refractivity contribution < 1.29 is 4.79 Å². The third-order valence-electron chi connectivity index (χ3n) is 3.17. The molecule has 0 bridgehead atoms. The molecular weight excluding hydrogens is 314 g/mol. The topological polar surface area (TPSA) is 54.9 Å². The number of pyridine rings is 1. The lowest BCUT2D eigenvalue weighted by molar-refractivity contribution is -0.121. The van der Waals surface area contributed by atoms with Crippen molar-refractivity contribution in [3.05, 3.63) is 69.1 Å². The lowest BCUT2D eigenvalue weighted by Crippen LogP contribution is -2.31. The summed E-state index contributed by atoms with van der Waals surface area (Å²) in [5.41, 5.74) is 1.98. The number of carbonyl (C=O) groups excluding carboxylic acids is 1. The number of thiazole rings is 1. The first-order chi connectivity index (χ1) is 10.8. The number of nitrogens with one attached hydrogen (secondary N) is 1. The van der Waals surface area contributed by atoms with Crippen molar-refractivity contribution in [2.45, 2.75) is 18.9 Å². The van der Waals surface area contributed by atoms with Crippen LogP contribution in [0.5, 0.6) is 0 Å². The lowest BCUT2D eigenvalue weighted by atomic mass is 10.1. The molecule has 4 nitrogen and oxygen atoms in total. The van der Waals surface area contributed by atoms with E-state index in [9.17, 15) is 4.79 Å². The molecule has 0 aromatic carbocycles. The molecular formula is C16H15N3OS2. The van der Waals surface area contributed by atoms with Gasteiger partial charge in [-0.25, -0.2) is 4.98 Å². The summed E-state index contributed by atoms with van der Waals surface area (Å²) < 4.78 is 0. The van der Waals surface area contributed by atoms with Crippen molar-refractivity contribution in [3.8, 4) is 0 Å². The molecule has 22 heavy (non-hydrogen) atoms. The van der Waals surface area contributed by atoms with Crippen molar-refractivity contribution in [1.29, 1.82) is 0 Å². The van der Waals surface area contributed by atoms with Gasteiger partial charge in [-0.05, 0) is 34.5 Å². The third kappa shape index (κ3) is 3.99. The first-order valence-corrected chi connectivity index (χ1v) is 8.73. The fourth-order valence-electron chi connectivity index (χ4n) is 2.16. The van der Waals surface area contributed by atoms with Gasteiger partial charge in [0.25, 0.3) is 0 Å². The molecule has 1 N–H and O–H groups in total. The quantitative estimate of drug-likeness (QED) is 0.755. The zero-order chi connectivity index (χ0) is 15.2. The van der Waals surface area contributed by atoms with Crippen LogP contribution in [0.4, 0.5) is 0 Å². The molecule has 3 heterocycles. The smallest absolute Gasteiger partial charge is 0.226 e. The van der Waals surface area contributed by atoms with Crippen LogP contribution < -0.4 is 5.32 Å². The second-order valence-corrected chi connectivity index (χ2v) is 6.53. The predicted octanol–water partition coefficient (Wildman–Crippen LogP) is 3.24. The van der Waals surface area contributed by atoms with E-state index in [4.69, 9.17) is 0 Å². The van der Waals surface area contributed by atoms with Gasteiger partial charge in [0.1, 0.15) is 5.01 Å². The summed E-state index contributed by atoms with van der Waals surface area (Å²) >= 11 is 3.22. The van der Waals surface area contributed by atoms with Crippen LogP contribution in [-0.4, -0.2) is 15.9 Å². The van der Waals surface area contributed by atoms with Gasteiger partial charge in [0, 0.05) is 29.9 Å². The predicted molar refractivity (Wildman–Crippen MR) is 89.0 cm³/mol. The van der Waals surface area contributed by atoms with Crippen LogP contribution >= 0.6 is 22.7 Å². The van der Waals surface area contributed by atoms with E-state index >= 15 is 0 Å². The minimum Gasteiger partial charge on any atom is -0.346 e. The number of amides is 1. The summed E-state index contributed by atoms with van der Waals surface area (Å²) in [6.07, 6.45) is 4.51. The number of hydrogen-bond donors (Lipinski definition) is 1. The first-order valence-electron chi connectivity index (χ1n) is 6.91. The average Bonchev–Trinajstić information content (AvgIpc) is 3.21. The van der Waals surface area contributed by atoms with E-state index in [0.717, 1.165) is 17.1 Å². The maximum atomic E-state index is 12.3. The molecule has 6 heteroatoms. The number of nitrogens with zero attached hydrogens (tertiary/aromatic N) is 2. The summed E-state index contributed by atoms with van der Waals surface area (Å²) in [6, 6.07) is 7.58. The molecule has 112 valence electrons. The van der Waals surface area contributed by atoms with E-state index in [-0.39, 0.29) is 18.4 Å². The maximum absolute atomic E-state index is 12.3. The molecule has 0 aliphatic rings. The van der Waals surface area contributed by atoms with Crippen LogP contribution in [0.1, 0.15) is 22.3 Å². The highest BCUT2D eigenvalue weighted by Gasteiger charge is 2.18. The molecule has 0 saturated carbocycles. The fourth-order valence-corrected chi connectivity index (χ4v) is 3.53. The van der Waals surface area contributed by atoms with Crippen molar-refractivity contribution in [2.75, 3.05) is 0 Å². The summed E-state index contributed by atoms with van der Waals surface area (Å²) in [5, 5.41) is 10.1. The van der Waals surface area contributed by atoms with Gasteiger partial charge in [-0.3, -0.25) is 9.78 Å². The minimum atomic E-state index is -0.0918. The normalized spacial score (nSPS) is 12.0. The highest BCUT2D eigenvalue weighted by Crippen LogP contribution is 2.22. The number of rotatable bonds is 6. The third-order valence-corrected chi connectivity index (χ3v) is 4.79. The van der Waals surface area contributed by atoms with E-state index in [1.807, 2.05) is 29.0 Å². The standard InChI is InChI=1S/C16H15N3OS2/c20-15(10-13-3-1-2-5-17-13)19-14(16-18-6-8-22-16)9-12-4-7-21-11-12/h1-8,11,14H,9-10H2,(H,19,20)/t14-/m1/s1. The fraction of sp³-hybridized carbons (Fsp3) is 0.188. The second kappa shape index (κ2) is 7.29. The van der Waals surface area contributed by atoms with Crippen LogP contribution in [0.25, 0.3) is 0 Å². The van der Waals surface area contributed by atoms with E-state index in [1.54, 1.807) is 35.1 Å². The van der Waals surface area contributed by atoms with Gasteiger partial charge in [0.05, 0.1) is 12.5 Å². The summed E-state index contributed by atoms with van der Waals surface area (Å²) in [4.78, 5) is 20.8. The Bertz CT molecular complexity index is 696. The summed E-state index contributed by atoms with van der Waals surface area (Å²) in [7, 11) is 0. The highest BCUT2D eigenvalue weighted by atomic mass is 32.1. The van der Waals surface area contributed by atoms with E-state index in [1.165, 1.54) is 5.56 Å². The molecule has 0 radical (unpaired) electrons. The van der Waals surface area contributed by atoms with Crippen LogP contribution in [0.3, 0.4) is 0 Å². The molecule has 0 aliphatic heterocycles. The Morgan fingerprint density at radius 2 is 2.14 bits per heavy atom. The van der Waals surface area contributed by atoms with Crippen molar-refractivity contribution in [1.82, 2.24) is 15.3 Å². The lowest BCUT2D eigenvalue weighted by Gasteiger charge is -2.16. The van der Waals surface area contributed by atoms with Gasteiger partial charge < -0.3 is 5.32 Å². The molecule has 3 aromatic heterocycles. The number of hydrogen-bond acceptors (Lipinski definition) is 5. The molecule has 0 fully saturated rings. The molecule has 0 aliphatic carbocycles. The minimum absolute atomic E-state index is 0.0332. The zero-order valence-electron chi connectivity index (χ0n) is 11.8. The molecule has 0 spiro atoms. The van der Waals surface area contributed by atoms with Gasteiger partial charge in [-0.1, -0.05) is 6.07 Å². The van der Waals surface area contributed by atoms with Crippen molar-refractivity contribution >= 4 is 28.6 Å². The Balaban J connectivity index is 1.68. The molecule has 0 unspecified atom stereocenters. The Morgan fingerprint density at radius 3 is 2.82 bits per heavy atom. The number of carbonyl (C=O) groups is 1. The van der Waals surface area contributed by atoms with Gasteiger partial charge in [-0.2, -0.15) is 11.3 Å². The SMILES string of the molecule is O=C(Cc1ccccn1)N[C@H](Cc1ccsc1)c1nccs1. The van der Waals surface area contributed by atoms with E-state index in [0.29, 0.717) is 0 Å². The summed E-state index contributed by atoms with van der Waals surface area (Å²) in [6.45, 7) is 0. The Morgan fingerprint density at radius 1 is 1.18 bits per heavy atom. The van der Waals surface area contributed by atoms with Gasteiger partial charge in [0.15, 0.2) is 0 Å². The van der Waals surface area contributed by atoms with Gasteiger partial charge in [0.2, 0.25) is 5.91 Å². The Hall–Kier alpha value is -2.05. The van der Waals surface area contributed by atoms with Gasteiger partial charge >= 0.3 is 0 Å². The highest BCUT2D eigenvalue weighted by molar-refractivity contribution is 7.09. The van der Waals surface area contributed by atoms with Crippen molar-refractivity contribution in [3.63, 3.8) is 0 Å². The zero-order valence-corrected chi connectivity index (χ0v) is 13.4. The van der Waals surface area contributed by atoms with Gasteiger partial charge in [-0.15, -0.1) is 11.3 Å². The van der Waals surface area contributed by atoms with Crippen LogP contribution in [-0.2, 0) is 17.6 Å². The molecule has 1 atom stereocenters. The molecule has 3 rings (SSSR count). The monoisotopic (exact) mass is 329 g/mol. The van der Waals surface area contributed by atoms with E-state index in [2.05, 4.69) is 26.7 Å². The average molecular weight is 329 g/mol. The number of thiophene rings is 1. The Labute approximate surface area is 136 Å². The Kier molecular flexibility index (Phi) is 4.92. The summed E-state index contributed by atoms with van der Waals surface area (Å²) in [5.74, 6) is -0.0332. The molecule has 1 amide bonds. The first kappa shape index (κ1) is 14.9. The van der Waals surface area contributed by atoms with Crippen LogP contribution in [0, 0.1) is 0 Å². The van der Waals surface area contributed by atoms with E-state index < -0.39 is 0 Å². The van der Waals surface area contributed by atoms with Crippen LogP contribution in [0.15, 0.2) is 52.8 Å². The molecule has 0 saturated heterocycles. The number of aromatic nitrogens is 2. The largest absolute Gasteiger partial charge is 0.346 e. The van der Waals surface area contributed by atoms with Crippen molar-refractivity contribution in [2.24, 2.45) is 0 Å². The molecule has 3 aromatic rings. The maximum Gasteiger partial charge on any atom is 0.226 e.